The summed E-state index contributed by atoms with van der Waals surface area (Å²) in [5.41, 5.74) is 0.897. The Hall–Kier alpha value is -0.0900. The van der Waals surface area contributed by atoms with E-state index in [1.54, 1.807) is 7.05 Å². The summed E-state index contributed by atoms with van der Waals surface area (Å²) in [6.45, 7) is 0.0266. The fraction of sp³-hybridized carbons (Fsp3) is 0.333. The van der Waals surface area contributed by atoms with E-state index >= 15 is 0 Å². The highest BCUT2D eigenvalue weighted by Gasteiger charge is 2.14. The molecular formula is C9H11BrClNO. The topological polar surface area (TPSA) is 32.3 Å². The number of halogens is 2. The third kappa shape index (κ3) is 2.44. The van der Waals surface area contributed by atoms with E-state index in [0.717, 1.165) is 10.0 Å². The first-order valence-corrected chi connectivity index (χ1v) is 5.09. The van der Waals surface area contributed by atoms with Gasteiger partial charge in [0, 0.05) is 15.1 Å². The van der Waals surface area contributed by atoms with Gasteiger partial charge in [0.05, 0.1) is 12.6 Å². The Labute approximate surface area is 91.0 Å². The van der Waals surface area contributed by atoms with E-state index in [1.807, 2.05) is 18.2 Å². The second kappa shape index (κ2) is 4.96. The van der Waals surface area contributed by atoms with Crippen LogP contribution in [-0.4, -0.2) is 18.8 Å². The maximum Gasteiger partial charge on any atom is 0.0627 e. The second-order valence-electron chi connectivity index (χ2n) is 2.66. The highest BCUT2D eigenvalue weighted by Crippen LogP contribution is 2.29. The van der Waals surface area contributed by atoms with Crippen molar-refractivity contribution in [3.63, 3.8) is 0 Å². The van der Waals surface area contributed by atoms with E-state index in [9.17, 15) is 0 Å². The monoisotopic (exact) mass is 263 g/mol. The highest BCUT2D eigenvalue weighted by molar-refractivity contribution is 9.10. The molecule has 1 aromatic rings. The van der Waals surface area contributed by atoms with E-state index in [0.29, 0.717) is 5.02 Å². The van der Waals surface area contributed by atoms with Crippen LogP contribution in [0.1, 0.15) is 11.6 Å². The van der Waals surface area contributed by atoms with Gasteiger partial charge in [0.15, 0.2) is 0 Å². The number of aliphatic hydroxyl groups excluding tert-OH is 1. The maximum atomic E-state index is 9.09. The zero-order valence-corrected chi connectivity index (χ0v) is 9.56. The Morgan fingerprint density at radius 3 is 2.77 bits per heavy atom. The molecule has 2 N–H and O–H groups in total. The van der Waals surface area contributed by atoms with Gasteiger partial charge >= 0.3 is 0 Å². The molecule has 1 atom stereocenters. The molecular weight excluding hydrogens is 253 g/mol. The van der Waals surface area contributed by atoms with Crippen LogP contribution in [0.25, 0.3) is 0 Å². The van der Waals surface area contributed by atoms with Crippen molar-refractivity contribution in [2.24, 2.45) is 0 Å². The lowest BCUT2D eigenvalue weighted by Gasteiger charge is -2.16. The molecule has 0 radical (unpaired) electrons. The molecule has 0 saturated heterocycles. The molecule has 1 rings (SSSR count). The zero-order valence-electron chi connectivity index (χ0n) is 7.22. The third-order valence-corrected chi connectivity index (χ3v) is 2.90. The van der Waals surface area contributed by atoms with Crippen LogP contribution in [0.3, 0.4) is 0 Å². The molecule has 0 fully saturated rings. The summed E-state index contributed by atoms with van der Waals surface area (Å²) in [5, 5.41) is 12.7. The summed E-state index contributed by atoms with van der Waals surface area (Å²) in [4.78, 5) is 0. The lowest BCUT2D eigenvalue weighted by Crippen LogP contribution is -2.20. The van der Waals surface area contributed by atoms with Crippen LogP contribution >= 0.6 is 27.5 Å². The largest absolute Gasteiger partial charge is 0.394 e. The average molecular weight is 265 g/mol. The van der Waals surface area contributed by atoms with Gasteiger partial charge < -0.3 is 10.4 Å². The molecule has 0 unspecified atom stereocenters. The number of nitrogens with one attached hydrogen (secondary N) is 1. The molecule has 1 aromatic carbocycles. The summed E-state index contributed by atoms with van der Waals surface area (Å²) in [7, 11) is 1.79. The van der Waals surface area contributed by atoms with Gasteiger partial charge in [0.2, 0.25) is 0 Å². The molecule has 13 heavy (non-hydrogen) atoms. The smallest absolute Gasteiger partial charge is 0.0627 e. The van der Waals surface area contributed by atoms with E-state index in [4.69, 9.17) is 16.7 Å². The molecule has 0 aliphatic rings. The van der Waals surface area contributed by atoms with Crippen LogP contribution in [0, 0.1) is 0 Å². The third-order valence-electron chi connectivity index (χ3n) is 1.88. The van der Waals surface area contributed by atoms with Crippen molar-refractivity contribution in [2.45, 2.75) is 6.04 Å². The predicted octanol–water partition coefficient (Wildman–Crippen LogP) is 2.36. The van der Waals surface area contributed by atoms with Gasteiger partial charge in [-0.05, 0) is 19.2 Å². The minimum absolute atomic E-state index is 0.0266. The SMILES string of the molecule is CN[C@H](CO)c1c(Cl)cccc1Br. The van der Waals surface area contributed by atoms with Crippen molar-refractivity contribution in [1.82, 2.24) is 5.32 Å². The van der Waals surface area contributed by atoms with Crippen molar-refractivity contribution >= 4 is 27.5 Å². The number of hydrogen-bond donors (Lipinski definition) is 2. The second-order valence-corrected chi connectivity index (χ2v) is 3.92. The van der Waals surface area contributed by atoms with E-state index in [2.05, 4.69) is 21.2 Å². The highest BCUT2D eigenvalue weighted by atomic mass is 79.9. The predicted molar refractivity (Wildman–Crippen MR) is 58.0 cm³/mol. The Bertz CT molecular complexity index is 269. The van der Waals surface area contributed by atoms with E-state index in [-0.39, 0.29) is 12.6 Å². The van der Waals surface area contributed by atoms with Crippen molar-refractivity contribution in [3.8, 4) is 0 Å². The molecule has 0 heterocycles. The molecule has 2 nitrogen and oxygen atoms in total. The molecule has 0 aromatic heterocycles. The number of aliphatic hydroxyl groups is 1. The standard InChI is InChI=1S/C9H11BrClNO/c1-12-8(5-13)9-6(10)3-2-4-7(9)11/h2-4,8,12-13H,5H2,1H3/t8-/m1/s1. The lowest BCUT2D eigenvalue weighted by atomic mass is 10.1. The lowest BCUT2D eigenvalue weighted by molar-refractivity contribution is 0.250. The Morgan fingerprint density at radius 2 is 2.31 bits per heavy atom. The Kier molecular flexibility index (Phi) is 4.19. The first-order chi connectivity index (χ1) is 6.20. The van der Waals surface area contributed by atoms with Gasteiger partial charge in [-0.15, -0.1) is 0 Å². The van der Waals surface area contributed by atoms with Gasteiger partial charge in [0.25, 0.3) is 0 Å². The van der Waals surface area contributed by atoms with Crippen LogP contribution in [0.4, 0.5) is 0 Å². The fourth-order valence-electron chi connectivity index (χ4n) is 1.17. The van der Waals surface area contributed by atoms with Crippen molar-refractivity contribution < 1.29 is 5.11 Å². The normalized spacial score (nSPS) is 12.9. The zero-order chi connectivity index (χ0) is 9.84. The van der Waals surface area contributed by atoms with Crippen molar-refractivity contribution in [2.75, 3.05) is 13.7 Å². The molecule has 0 amide bonds. The number of hydrogen-bond acceptors (Lipinski definition) is 2. The maximum absolute atomic E-state index is 9.09. The number of benzene rings is 1. The van der Waals surface area contributed by atoms with Crippen LogP contribution in [0.2, 0.25) is 5.02 Å². The number of likely N-dealkylation sites (N-methyl/N-ethyl adjacent to an activating group) is 1. The van der Waals surface area contributed by atoms with E-state index < -0.39 is 0 Å². The molecule has 0 aliphatic heterocycles. The van der Waals surface area contributed by atoms with Crippen LogP contribution in [-0.2, 0) is 0 Å². The van der Waals surface area contributed by atoms with Crippen LogP contribution < -0.4 is 5.32 Å². The Balaban J connectivity index is 3.10. The molecule has 0 spiro atoms. The first-order valence-electron chi connectivity index (χ1n) is 3.92. The van der Waals surface area contributed by atoms with E-state index in [1.165, 1.54) is 0 Å². The Morgan fingerprint density at radius 1 is 1.62 bits per heavy atom. The molecule has 4 heteroatoms. The van der Waals surface area contributed by atoms with Crippen molar-refractivity contribution in [3.05, 3.63) is 33.3 Å². The quantitative estimate of drug-likeness (QED) is 0.878. The first kappa shape index (κ1) is 11.0. The minimum atomic E-state index is -0.122. The summed E-state index contributed by atoms with van der Waals surface area (Å²) in [6, 6.07) is 5.45. The molecule has 0 bridgehead atoms. The van der Waals surface area contributed by atoms with Gasteiger partial charge in [0.1, 0.15) is 0 Å². The van der Waals surface area contributed by atoms with Crippen LogP contribution in [0.15, 0.2) is 22.7 Å². The molecule has 0 saturated carbocycles. The summed E-state index contributed by atoms with van der Waals surface area (Å²) >= 11 is 9.39. The molecule has 72 valence electrons. The fourth-order valence-corrected chi connectivity index (χ4v) is 2.23. The van der Waals surface area contributed by atoms with Gasteiger partial charge in [-0.2, -0.15) is 0 Å². The van der Waals surface area contributed by atoms with Crippen LogP contribution in [0.5, 0.6) is 0 Å². The minimum Gasteiger partial charge on any atom is -0.394 e. The molecule has 0 aliphatic carbocycles. The average Bonchev–Trinajstić information content (AvgIpc) is 2.11. The van der Waals surface area contributed by atoms with Gasteiger partial charge in [-0.3, -0.25) is 0 Å². The van der Waals surface area contributed by atoms with Crippen molar-refractivity contribution in [1.29, 1.82) is 0 Å². The van der Waals surface area contributed by atoms with Gasteiger partial charge in [-0.25, -0.2) is 0 Å². The summed E-state index contributed by atoms with van der Waals surface area (Å²) in [6.07, 6.45) is 0. The number of rotatable bonds is 3. The summed E-state index contributed by atoms with van der Waals surface area (Å²) in [5.74, 6) is 0. The van der Waals surface area contributed by atoms with Gasteiger partial charge in [-0.1, -0.05) is 33.6 Å². The summed E-state index contributed by atoms with van der Waals surface area (Å²) < 4.78 is 0.911.